The van der Waals surface area contributed by atoms with Gasteiger partial charge in [0.15, 0.2) is 5.65 Å². The first-order chi connectivity index (χ1) is 9.75. The second-order valence-electron chi connectivity index (χ2n) is 5.04. The number of alkyl halides is 1. The first-order valence-electron chi connectivity index (χ1n) is 7.01. The lowest BCUT2D eigenvalue weighted by Crippen LogP contribution is -2.35. The Bertz CT molecular complexity index is 578. The molecule has 1 atom stereocenters. The lowest BCUT2D eigenvalue weighted by Gasteiger charge is -2.26. The molecule has 1 aliphatic rings. The summed E-state index contributed by atoms with van der Waals surface area (Å²) in [6.07, 6.45) is 1.82. The number of halogens is 1. The van der Waals surface area contributed by atoms with E-state index >= 15 is 0 Å². The van der Waals surface area contributed by atoms with Crippen molar-refractivity contribution in [3.05, 3.63) is 24.2 Å². The van der Waals surface area contributed by atoms with Crippen LogP contribution in [0.4, 0.5) is 0 Å². The van der Waals surface area contributed by atoms with Gasteiger partial charge in [0.05, 0.1) is 5.38 Å². The number of imidazole rings is 1. The van der Waals surface area contributed by atoms with Crippen LogP contribution in [0, 0.1) is 0 Å². The molecule has 0 N–H and O–H groups in total. The zero-order valence-corrected chi connectivity index (χ0v) is 13.2. The molecule has 0 radical (unpaired) electrons. The standard InChI is InChI=1S/C14H19ClN4S/c1-11(15)13-17-12-3-2-4-16-14(12)19(13)6-5-18-7-9-20-10-8-18/h2-4,11H,5-10H2,1H3. The van der Waals surface area contributed by atoms with Crippen molar-refractivity contribution < 1.29 is 0 Å². The third-order valence-electron chi connectivity index (χ3n) is 3.63. The van der Waals surface area contributed by atoms with Gasteiger partial charge in [-0.2, -0.15) is 11.8 Å². The van der Waals surface area contributed by atoms with E-state index in [1.165, 1.54) is 24.6 Å². The smallest absolute Gasteiger partial charge is 0.160 e. The van der Waals surface area contributed by atoms with E-state index < -0.39 is 0 Å². The summed E-state index contributed by atoms with van der Waals surface area (Å²) < 4.78 is 2.18. The number of rotatable bonds is 4. The number of fused-ring (bicyclic) bond motifs is 1. The minimum absolute atomic E-state index is 0.0962. The Morgan fingerprint density at radius 2 is 2.15 bits per heavy atom. The minimum Gasteiger partial charge on any atom is -0.310 e. The topological polar surface area (TPSA) is 34.0 Å². The summed E-state index contributed by atoms with van der Waals surface area (Å²) in [5, 5.41) is -0.0962. The van der Waals surface area contributed by atoms with Crippen LogP contribution >= 0.6 is 23.4 Å². The van der Waals surface area contributed by atoms with Gasteiger partial charge in [0.1, 0.15) is 11.3 Å². The molecule has 108 valence electrons. The highest BCUT2D eigenvalue weighted by molar-refractivity contribution is 7.99. The number of hydrogen-bond donors (Lipinski definition) is 0. The largest absolute Gasteiger partial charge is 0.310 e. The van der Waals surface area contributed by atoms with Gasteiger partial charge in [-0.15, -0.1) is 11.6 Å². The van der Waals surface area contributed by atoms with Crippen LogP contribution in [0.25, 0.3) is 11.2 Å². The second-order valence-corrected chi connectivity index (χ2v) is 6.92. The first kappa shape index (κ1) is 14.2. The molecule has 1 fully saturated rings. The van der Waals surface area contributed by atoms with Crippen molar-refractivity contribution >= 4 is 34.5 Å². The maximum absolute atomic E-state index is 6.27. The molecule has 6 heteroatoms. The molecular formula is C14H19ClN4S. The zero-order valence-electron chi connectivity index (χ0n) is 11.6. The Morgan fingerprint density at radius 1 is 1.35 bits per heavy atom. The Kier molecular flexibility index (Phi) is 4.48. The molecule has 0 saturated carbocycles. The SMILES string of the molecule is CC(Cl)c1nc2cccnc2n1CCN1CCSCC1. The van der Waals surface area contributed by atoms with Crippen LogP contribution in [0.15, 0.2) is 18.3 Å². The fourth-order valence-corrected chi connectivity index (χ4v) is 3.71. The van der Waals surface area contributed by atoms with Crippen molar-refractivity contribution in [1.29, 1.82) is 0 Å². The highest BCUT2D eigenvalue weighted by atomic mass is 35.5. The van der Waals surface area contributed by atoms with Gasteiger partial charge in [-0.1, -0.05) is 0 Å². The summed E-state index contributed by atoms with van der Waals surface area (Å²) in [5.74, 6) is 3.40. The molecule has 3 heterocycles. The fraction of sp³-hybridized carbons (Fsp3) is 0.571. The van der Waals surface area contributed by atoms with E-state index in [0.717, 1.165) is 30.1 Å². The summed E-state index contributed by atoms with van der Waals surface area (Å²) in [4.78, 5) is 11.6. The third kappa shape index (κ3) is 2.95. The van der Waals surface area contributed by atoms with Gasteiger partial charge >= 0.3 is 0 Å². The number of nitrogens with zero attached hydrogens (tertiary/aromatic N) is 4. The molecule has 2 aromatic heterocycles. The summed E-state index contributed by atoms with van der Waals surface area (Å²) in [7, 11) is 0. The third-order valence-corrected chi connectivity index (χ3v) is 4.77. The fourth-order valence-electron chi connectivity index (χ4n) is 2.57. The van der Waals surface area contributed by atoms with Crippen molar-refractivity contribution in [2.75, 3.05) is 31.1 Å². The Balaban J connectivity index is 1.83. The van der Waals surface area contributed by atoms with Crippen molar-refractivity contribution in [1.82, 2.24) is 19.4 Å². The molecule has 0 spiro atoms. The molecule has 1 unspecified atom stereocenters. The van der Waals surface area contributed by atoms with Crippen LogP contribution in [0.3, 0.4) is 0 Å². The average Bonchev–Trinajstić information content (AvgIpc) is 2.85. The molecule has 0 amide bonds. The number of pyridine rings is 1. The van der Waals surface area contributed by atoms with Crippen LogP contribution in [0.2, 0.25) is 0 Å². The van der Waals surface area contributed by atoms with Crippen LogP contribution in [-0.4, -0.2) is 50.6 Å². The van der Waals surface area contributed by atoms with Crippen LogP contribution in [-0.2, 0) is 6.54 Å². The summed E-state index contributed by atoms with van der Waals surface area (Å²) >= 11 is 8.31. The number of aromatic nitrogens is 3. The van der Waals surface area contributed by atoms with Crippen molar-refractivity contribution in [2.24, 2.45) is 0 Å². The molecule has 0 aliphatic carbocycles. The Hall–Kier alpha value is -0.780. The van der Waals surface area contributed by atoms with Crippen molar-refractivity contribution in [3.63, 3.8) is 0 Å². The minimum atomic E-state index is -0.0962. The van der Waals surface area contributed by atoms with Gasteiger partial charge < -0.3 is 4.57 Å². The van der Waals surface area contributed by atoms with Crippen LogP contribution in [0.1, 0.15) is 18.1 Å². The monoisotopic (exact) mass is 310 g/mol. The quantitative estimate of drug-likeness (QED) is 0.813. The lowest BCUT2D eigenvalue weighted by atomic mass is 10.4. The molecule has 2 aromatic rings. The highest BCUT2D eigenvalue weighted by Crippen LogP contribution is 2.23. The van der Waals surface area contributed by atoms with Gasteiger partial charge in [-0.05, 0) is 19.1 Å². The molecule has 1 saturated heterocycles. The van der Waals surface area contributed by atoms with E-state index in [-0.39, 0.29) is 5.38 Å². The predicted octanol–water partition coefficient (Wildman–Crippen LogP) is 2.78. The molecule has 1 aliphatic heterocycles. The highest BCUT2D eigenvalue weighted by Gasteiger charge is 2.17. The predicted molar refractivity (Wildman–Crippen MR) is 85.6 cm³/mol. The maximum Gasteiger partial charge on any atom is 0.160 e. The van der Waals surface area contributed by atoms with Gasteiger partial charge in [-0.25, -0.2) is 9.97 Å². The van der Waals surface area contributed by atoms with E-state index in [1.54, 1.807) is 0 Å². The molecule has 0 aromatic carbocycles. The van der Waals surface area contributed by atoms with Gasteiger partial charge in [0, 0.05) is 43.9 Å². The zero-order chi connectivity index (χ0) is 13.9. The summed E-state index contributed by atoms with van der Waals surface area (Å²) in [6.45, 7) is 6.27. The van der Waals surface area contributed by atoms with Crippen LogP contribution < -0.4 is 0 Å². The lowest BCUT2D eigenvalue weighted by molar-refractivity contribution is 0.289. The van der Waals surface area contributed by atoms with E-state index in [1.807, 2.05) is 37.0 Å². The molecular weight excluding hydrogens is 292 g/mol. The van der Waals surface area contributed by atoms with Crippen molar-refractivity contribution in [2.45, 2.75) is 18.8 Å². The first-order valence-corrected chi connectivity index (χ1v) is 8.60. The van der Waals surface area contributed by atoms with Gasteiger partial charge in [-0.3, -0.25) is 4.90 Å². The van der Waals surface area contributed by atoms with E-state index in [2.05, 4.69) is 19.4 Å². The summed E-state index contributed by atoms with van der Waals surface area (Å²) in [5.41, 5.74) is 1.88. The van der Waals surface area contributed by atoms with Gasteiger partial charge in [0.25, 0.3) is 0 Å². The molecule has 0 bridgehead atoms. The normalized spacial score (nSPS) is 18.5. The molecule has 20 heavy (non-hydrogen) atoms. The Morgan fingerprint density at radius 3 is 2.90 bits per heavy atom. The van der Waals surface area contributed by atoms with E-state index in [9.17, 15) is 0 Å². The number of hydrogen-bond acceptors (Lipinski definition) is 4. The van der Waals surface area contributed by atoms with E-state index in [0.29, 0.717) is 0 Å². The maximum atomic E-state index is 6.27. The molecule has 3 rings (SSSR count). The average molecular weight is 311 g/mol. The summed E-state index contributed by atoms with van der Waals surface area (Å²) in [6, 6.07) is 3.92. The number of thioether (sulfide) groups is 1. The second kappa shape index (κ2) is 6.33. The van der Waals surface area contributed by atoms with Crippen LogP contribution in [0.5, 0.6) is 0 Å². The van der Waals surface area contributed by atoms with Gasteiger partial charge in [0.2, 0.25) is 0 Å². The molecule has 4 nitrogen and oxygen atoms in total. The van der Waals surface area contributed by atoms with E-state index in [4.69, 9.17) is 11.6 Å². The van der Waals surface area contributed by atoms with Crippen molar-refractivity contribution in [3.8, 4) is 0 Å². The Labute approximate surface area is 128 Å².